The average molecular weight is 241 g/mol. The summed E-state index contributed by atoms with van der Waals surface area (Å²) in [6.07, 6.45) is 0. The van der Waals surface area contributed by atoms with Gasteiger partial charge in [0, 0.05) is 5.56 Å². The van der Waals surface area contributed by atoms with Gasteiger partial charge in [-0.2, -0.15) is 0 Å². The molecule has 2 nitrogen and oxygen atoms in total. The summed E-state index contributed by atoms with van der Waals surface area (Å²) in [6.45, 7) is -3.72. The Morgan fingerprint density at radius 2 is 1.87 bits per heavy atom. The van der Waals surface area contributed by atoms with E-state index < -0.39 is 18.3 Å². The van der Waals surface area contributed by atoms with Crippen molar-refractivity contribution in [3.63, 3.8) is 0 Å². The van der Waals surface area contributed by atoms with Crippen LogP contribution < -0.4 is 62.6 Å². The van der Waals surface area contributed by atoms with E-state index in [0.29, 0.717) is 0 Å². The summed E-state index contributed by atoms with van der Waals surface area (Å²) >= 11 is 0. The molecule has 1 rings (SSSR count). The number of benzene rings is 1. The Balaban J connectivity index is 0.00000196. The van der Waals surface area contributed by atoms with Crippen molar-refractivity contribution in [3.8, 4) is 0 Å². The first-order chi connectivity index (χ1) is 6.32. The minimum atomic E-state index is -5.02. The maximum absolute atomic E-state index is 12.3. The fraction of sp³-hybridized carbons (Fsp3) is 0.125. The molecule has 0 aliphatic rings. The summed E-state index contributed by atoms with van der Waals surface area (Å²) in [5, 5.41) is 0. The van der Waals surface area contributed by atoms with E-state index in [2.05, 4.69) is 0 Å². The number of amides is 1. The number of hydrogen-bond donors (Lipinski definition) is 1. The first-order valence-corrected chi connectivity index (χ1v) is 3.92. The van der Waals surface area contributed by atoms with E-state index in [1.165, 1.54) is 6.92 Å². The molecule has 0 saturated carbocycles. The molecular formula is C8H8BF3KNO. The second-order valence-electron chi connectivity index (χ2n) is 3.01. The predicted octanol–water partition coefficient (Wildman–Crippen LogP) is -1.85. The third kappa shape index (κ3) is 3.92. The minimum Gasteiger partial charge on any atom is -0.445 e. The molecule has 0 bridgehead atoms. The molecule has 0 aromatic heterocycles. The summed E-state index contributed by atoms with van der Waals surface area (Å²) in [5.41, 5.74) is 4.35. The Hall–Kier alpha value is 0.181. The van der Waals surface area contributed by atoms with Crippen molar-refractivity contribution in [2.45, 2.75) is 6.92 Å². The third-order valence-corrected chi connectivity index (χ3v) is 1.91. The summed E-state index contributed by atoms with van der Waals surface area (Å²) in [5.74, 6) is -0.727. The summed E-state index contributed by atoms with van der Waals surface area (Å²) in [6, 6.07) is 3.11. The van der Waals surface area contributed by atoms with E-state index >= 15 is 0 Å². The van der Waals surface area contributed by atoms with Gasteiger partial charge in [-0.1, -0.05) is 17.7 Å². The van der Waals surface area contributed by atoms with Crippen molar-refractivity contribution in [1.82, 2.24) is 0 Å². The van der Waals surface area contributed by atoms with Crippen LogP contribution in [0.3, 0.4) is 0 Å². The normalized spacial score (nSPS) is 10.7. The number of rotatable bonds is 2. The van der Waals surface area contributed by atoms with Gasteiger partial charge in [-0.3, -0.25) is 4.79 Å². The smallest absolute Gasteiger partial charge is 0.445 e. The number of halogens is 3. The molecular weight excluding hydrogens is 233 g/mol. The SMILES string of the molecule is Cc1cc(C(N)=O)ccc1[B-](F)(F)F.[K+]. The van der Waals surface area contributed by atoms with E-state index in [-0.39, 0.29) is 62.5 Å². The van der Waals surface area contributed by atoms with Crippen molar-refractivity contribution in [2.24, 2.45) is 5.73 Å². The molecule has 0 aliphatic heterocycles. The van der Waals surface area contributed by atoms with Gasteiger partial charge in [0.2, 0.25) is 5.91 Å². The summed E-state index contributed by atoms with van der Waals surface area (Å²) in [7, 11) is 0. The molecule has 0 spiro atoms. The van der Waals surface area contributed by atoms with Gasteiger partial charge in [0.05, 0.1) is 0 Å². The molecule has 1 amide bonds. The Kier molecular flexibility index (Phi) is 5.56. The predicted molar refractivity (Wildman–Crippen MR) is 48.4 cm³/mol. The van der Waals surface area contributed by atoms with Gasteiger partial charge in [-0.25, -0.2) is 0 Å². The van der Waals surface area contributed by atoms with Crippen molar-refractivity contribution in [1.29, 1.82) is 0 Å². The van der Waals surface area contributed by atoms with Gasteiger partial charge in [-0.15, -0.1) is 5.46 Å². The molecule has 0 aliphatic carbocycles. The van der Waals surface area contributed by atoms with E-state index in [1.807, 2.05) is 0 Å². The van der Waals surface area contributed by atoms with E-state index in [1.54, 1.807) is 0 Å². The number of carbonyl (C=O) groups is 1. The van der Waals surface area contributed by atoms with E-state index in [9.17, 15) is 17.7 Å². The Bertz CT molecular complexity index is 381. The molecule has 0 atom stereocenters. The first kappa shape index (κ1) is 15.2. The van der Waals surface area contributed by atoms with Crippen LogP contribution in [0.25, 0.3) is 0 Å². The van der Waals surface area contributed by atoms with Crippen molar-refractivity contribution in [3.05, 3.63) is 29.3 Å². The molecule has 0 heterocycles. The van der Waals surface area contributed by atoms with Crippen molar-refractivity contribution < 1.29 is 69.1 Å². The van der Waals surface area contributed by atoms with Crippen LogP contribution >= 0.6 is 0 Å². The quantitative estimate of drug-likeness (QED) is 0.607. The third-order valence-electron chi connectivity index (χ3n) is 1.91. The fourth-order valence-corrected chi connectivity index (χ4v) is 1.20. The van der Waals surface area contributed by atoms with Gasteiger partial charge in [0.25, 0.3) is 0 Å². The second kappa shape index (κ2) is 5.49. The number of hydrogen-bond acceptors (Lipinski definition) is 1. The Morgan fingerprint density at radius 3 is 2.20 bits per heavy atom. The molecule has 0 saturated heterocycles. The molecule has 1 aromatic carbocycles. The van der Waals surface area contributed by atoms with Crippen LogP contribution in [0.2, 0.25) is 0 Å². The topological polar surface area (TPSA) is 43.1 Å². The van der Waals surface area contributed by atoms with Crippen LogP contribution in [0.5, 0.6) is 0 Å². The van der Waals surface area contributed by atoms with Crippen molar-refractivity contribution in [2.75, 3.05) is 0 Å². The van der Waals surface area contributed by atoms with Gasteiger partial charge in [0.1, 0.15) is 0 Å². The van der Waals surface area contributed by atoms with E-state index in [0.717, 1.165) is 18.2 Å². The number of nitrogens with two attached hydrogens (primary N) is 1. The van der Waals surface area contributed by atoms with Crippen LogP contribution in [-0.4, -0.2) is 12.9 Å². The monoisotopic (exact) mass is 241 g/mol. The zero-order valence-corrected chi connectivity index (χ0v) is 11.6. The molecule has 7 heteroatoms. The maximum Gasteiger partial charge on any atom is 1.00 e. The largest absolute Gasteiger partial charge is 1.00 e. The molecule has 76 valence electrons. The maximum atomic E-state index is 12.3. The molecule has 15 heavy (non-hydrogen) atoms. The van der Waals surface area contributed by atoms with Gasteiger partial charge < -0.3 is 18.7 Å². The second-order valence-corrected chi connectivity index (χ2v) is 3.01. The molecule has 0 unspecified atom stereocenters. The molecule has 1 aromatic rings. The average Bonchev–Trinajstić information content (AvgIpc) is 2.01. The number of carbonyl (C=O) groups excluding carboxylic acids is 1. The van der Waals surface area contributed by atoms with Crippen LogP contribution in [0.1, 0.15) is 15.9 Å². The Labute approximate surface area is 128 Å². The van der Waals surface area contributed by atoms with Gasteiger partial charge >= 0.3 is 58.4 Å². The molecule has 2 N–H and O–H groups in total. The zero-order valence-electron chi connectivity index (χ0n) is 8.43. The summed E-state index contributed by atoms with van der Waals surface area (Å²) < 4.78 is 37.0. The zero-order chi connectivity index (χ0) is 10.9. The number of aryl methyl sites for hydroxylation is 1. The van der Waals surface area contributed by atoms with E-state index in [4.69, 9.17) is 5.73 Å². The minimum absolute atomic E-state index is 0. The molecule has 0 fully saturated rings. The Morgan fingerprint density at radius 1 is 1.33 bits per heavy atom. The first-order valence-electron chi connectivity index (χ1n) is 3.92. The van der Waals surface area contributed by atoms with Crippen LogP contribution in [0.4, 0.5) is 12.9 Å². The fourth-order valence-electron chi connectivity index (χ4n) is 1.20. The van der Waals surface area contributed by atoms with Crippen molar-refractivity contribution >= 4 is 18.3 Å². The number of primary amides is 1. The van der Waals surface area contributed by atoms with Crippen LogP contribution in [0, 0.1) is 6.92 Å². The van der Waals surface area contributed by atoms with Gasteiger partial charge in [-0.05, 0) is 13.0 Å². The van der Waals surface area contributed by atoms with Crippen LogP contribution in [-0.2, 0) is 0 Å². The summed E-state index contributed by atoms with van der Waals surface area (Å²) in [4.78, 5) is 10.7. The van der Waals surface area contributed by atoms with Crippen LogP contribution in [0.15, 0.2) is 18.2 Å². The van der Waals surface area contributed by atoms with Gasteiger partial charge in [0.15, 0.2) is 0 Å². The molecule has 0 radical (unpaired) electrons. The standard InChI is InChI=1S/C8H8BF3NO.K/c1-5-4-6(8(13)14)2-3-7(5)9(10,11)12;/h2-4H,1H3,(H2,13,14);/q-1;+1.